The average molecular weight is 524 g/mol. The summed E-state index contributed by atoms with van der Waals surface area (Å²) in [7, 11) is 1.69. The average Bonchev–Trinajstić information content (AvgIpc) is 2.80. The summed E-state index contributed by atoms with van der Waals surface area (Å²) in [6.45, 7) is 12.5. The predicted molar refractivity (Wildman–Crippen MR) is 141 cm³/mol. The molecule has 0 spiro atoms. The van der Waals surface area contributed by atoms with Gasteiger partial charge in [-0.25, -0.2) is 4.79 Å². The number of allylic oxidation sites excluding steroid dienone is 2. The lowest BCUT2D eigenvalue weighted by Crippen LogP contribution is -2.42. The van der Waals surface area contributed by atoms with Gasteiger partial charge in [-0.3, -0.25) is 9.59 Å². The zero-order valence-corrected chi connectivity index (χ0v) is 23.5. The number of carbonyl (C=O) groups is 3. The van der Waals surface area contributed by atoms with Gasteiger partial charge in [-0.15, -0.1) is 0 Å². The van der Waals surface area contributed by atoms with E-state index in [1.165, 1.54) is 11.8 Å². The molecule has 0 saturated carbocycles. The minimum absolute atomic E-state index is 0.0355. The van der Waals surface area contributed by atoms with Crippen LogP contribution in [0.2, 0.25) is 0 Å². The van der Waals surface area contributed by atoms with Gasteiger partial charge in [0, 0.05) is 31.8 Å². The molecule has 1 aliphatic heterocycles. The Bertz CT molecular complexity index is 860. The molecule has 0 aliphatic carbocycles. The first-order valence-electron chi connectivity index (χ1n) is 12.8. The number of nitrogens with zero attached hydrogens (tertiary/aromatic N) is 1. The molecular weight excluding hydrogens is 478 g/mol. The fourth-order valence-corrected chi connectivity index (χ4v) is 3.69. The number of carbonyl (C=O) groups excluding carboxylic acids is 3. The molecule has 37 heavy (non-hydrogen) atoms. The standard InChI is InChI=1S/C28H45NO8/c1-18(2)29(8)27(33)35-17-19(3)10-9-11-20(4)26-21(5)12-13-24(36-22(6)30)28(7,34)15-14-23(31)16-25(32)37-26/h9-13,18-19,21,23-24,26,31,34H,14-17H2,1-8H3/b10-9+,13-12+,20-11+/t19-,21+,23-,24+,26-,28-/m1/s1. The van der Waals surface area contributed by atoms with Crippen LogP contribution in [-0.2, 0) is 23.8 Å². The summed E-state index contributed by atoms with van der Waals surface area (Å²) in [5.74, 6) is -1.42. The highest BCUT2D eigenvalue weighted by Gasteiger charge is 2.35. The molecule has 1 heterocycles. The number of aliphatic hydroxyl groups excluding tert-OH is 1. The molecule has 0 radical (unpaired) electrons. The number of esters is 2. The van der Waals surface area contributed by atoms with Crippen molar-refractivity contribution in [3.05, 3.63) is 36.0 Å². The summed E-state index contributed by atoms with van der Waals surface area (Å²) in [6, 6.07) is 0.0464. The molecule has 1 rings (SSSR count). The maximum absolute atomic E-state index is 12.5. The Morgan fingerprint density at radius 3 is 2.51 bits per heavy atom. The van der Waals surface area contributed by atoms with Crippen LogP contribution in [0.1, 0.15) is 67.7 Å². The molecule has 2 N–H and O–H groups in total. The van der Waals surface area contributed by atoms with Crippen LogP contribution in [0.5, 0.6) is 0 Å². The minimum Gasteiger partial charge on any atom is -0.457 e. The molecular formula is C28H45NO8. The van der Waals surface area contributed by atoms with Crippen molar-refractivity contribution in [1.82, 2.24) is 4.90 Å². The lowest BCUT2D eigenvalue weighted by Gasteiger charge is -2.32. The van der Waals surface area contributed by atoms with Gasteiger partial charge in [-0.1, -0.05) is 38.2 Å². The molecule has 0 saturated heterocycles. The summed E-state index contributed by atoms with van der Waals surface area (Å²) in [5.41, 5.74) is -0.661. The van der Waals surface area contributed by atoms with Crippen molar-refractivity contribution in [3.8, 4) is 0 Å². The van der Waals surface area contributed by atoms with Crippen LogP contribution in [0.3, 0.4) is 0 Å². The van der Waals surface area contributed by atoms with Gasteiger partial charge in [-0.2, -0.15) is 0 Å². The second kappa shape index (κ2) is 14.9. The van der Waals surface area contributed by atoms with Crippen LogP contribution in [-0.4, -0.2) is 76.8 Å². The number of amides is 1. The summed E-state index contributed by atoms with van der Waals surface area (Å²) >= 11 is 0. The Balaban J connectivity index is 3.05. The van der Waals surface area contributed by atoms with E-state index < -0.39 is 35.9 Å². The second-order valence-corrected chi connectivity index (χ2v) is 10.5. The molecule has 210 valence electrons. The van der Waals surface area contributed by atoms with E-state index >= 15 is 0 Å². The van der Waals surface area contributed by atoms with Crippen molar-refractivity contribution in [2.75, 3.05) is 13.7 Å². The molecule has 1 amide bonds. The van der Waals surface area contributed by atoms with Crippen LogP contribution in [0.4, 0.5) is 4.79 Å². The molecule has 1 aliphatic rings. The molecule has 0 aromatic heterocycles. The highest BCUT2D eigenvalue weighted by molar-refractivity contribution is 5.70. The largest absolute Gasteiger partial charge is 0.457 e. The monoisotopic (exact) mass is 523 g/mol. The first kappa shape index (κ1) is 32.4. The maximum Gasteiger partial charge on any atom is 0.409 e. The van der Waals surface area contributed by atoms with E-state index in [4.69, 9.17) is 14.2 Å². The summed E-state index contributed by atoms with van der Waals surface area (Å²) in [4.78, 5) is 37.7. The highest BCUT2D eigenvalue weighted by atomic mass is 16.6. The van der Waals surface area contributed by atoms with Gasteiger partial charge in [0.05, 0.1) is 19.1 Å². The van der Waals surface area contributed by atoms with E-state index in [1.807, 2.05) is 52.8 Å². The van der Waals surface area contributed by atoms with E-state index in [0.717, 1.165) is 5.57 Å². The van der Waals surface area contributed by atoms with Crippen LogP contribution in [0, 0.1) is 11.8 Å². The highest BCUT2D eigenvalue weighted by Crippen LogP contribution is 2.27. The van der Waals surface area contributed by atoms with E-state index in [1.54, 1.807) is 26.1 Å². The molecule has 6 atom stereocenters. The van der Waals surface area contributed by atoms with Crippen LogP contribution in [0.25, 0.3) is 0 Å². The smallest absolute Gasteiger partial charge is 0.409 e. The summed E-state index contributed by atoms with van der Waals surface area (Å²) in [5, 5.41) is 21.2. The number of rotatable bonds is 7. The van der Waals surface area contributed by atoms with Gasteiger partial charge in [-0.05, 0) is 52.2 Å². The molecule has 9 nitrogen and oxygen atoms in total. The molecule has 9 heteroatoms. The Hall–Kier alpha value is -2.65. The Morgan fingerprint density at radius 1 is 1.27 bits per heavy atom. The molecule has 0 fully saturated rings. The lowest BCUT2D eigenvalue weighted by molar-refractivity contribution is -0.157. The zero-order valence-electron chi connectivity index (χ0n) is 23.5. The Kier molecular flexibility index (Phi) is 13.1. The van der Waals surface area contributed by atoms with E-state index in [-0.39, 0.29) is 49.8 Å². The van der Waals surface area contributed by atoms with Crippen molar-refractivity contribution in [3.63, 3.8) is 0 Å². The predicted octanol–water partition coefficient (Wildman–Crippen LogP) is 3.93. The SMILES string of the molecule is CC(=O)O[C@H]1/C=C/[C@H](C)[C@@H](/C(C)=C/C=C/[C@@H](C)COC(=O)N(C)C(C)C)OC(=O)C[C@H](O)CC[C@@]1(C)O. The van der Waals surface area contributed by atoms with Gasteiger partial charge >= 0.3 is 18.0 Å². The van der Waals surface area contributed by atoms with Crippen molar-refractivity contribution in [1.29, 1.82) is 0 Å². The van der Waals surface area contributed by atoms with E-state index in [9.17, 15) is 24.6 Å². The van der Waals surface area contributed by atoms with E-state index in [2.05, 4.69) is 0 Å². The summed E-state index contributed by atoms with van der Waals surface area (Å²) in [6.07, 6.45) is 6.02. The Morgan fingerprint density at radius 2 is 1.92 bits per heavy atom. The quantitative estimate of drug-likeness (QED) is 0.223. The van der Waals surface area contributed by atoms with Gasteiger partial charge in [0.2, 0.25) is 0 Å². The normalized spacial score (nSPS) is 29.6. The van der Waals surface area contributed by atoms with Crippen molar-refractivity contribution >= 4 is 18.0 Å². The van der Waals surface area contributed by atoms with Gasteiger partial charge in [0.15, 0.2) is 0 Å². The van der Waals surface area contributed by atoms with Crippen LogP contribution < -0.4 is 0 Å². The number of hydrogen-bond acceptors (Lipinski definition) is 8. The van der Waals surface area contributed by atoms with Gasteiger partial charge in [0.25, 0.3) is 0 Å². The first-order chi connectivity index (χ1) is 17.1. The molecule has 0 unspecified atom stereocenters. The van der Waals surface area contributed by atoms with E-state index in [0.29, 0.717) is 0 Å². The number of cyclic esters (lactones) is 1. The summed E-state index contributed by atoms with van der Waals surface area (Å²) < 4.78 is 16.4. The first-order valence-corrected chi connectivity index (χ1v) is 12.8. The minimum atomic E-state index is -1.42. The van der Waals surface area contributed by atoms with Crippen molar-refractivity contribution < 1.29 is 38.8 Å². The van der Waals surface area contributed by atoms with Crippen molar-refractivity contribution in [2.24, 2.45) is 11.8 Å². The maximum atomic E-state index is 12.5. The zero-order chi connectivity index (χ0) is 28.3. The van der Waals surface area contributed by atoms with Gasteiger partial charge < -0.3 is 29.3 Å². The second-order valence-electron chi connectivity index (χ2n) is 10.5. The molecule has 0 bridgehead atoms. The van der Waals surface area contributed by atoms with Crippen molar-refractivity contribution in [2.45, 2.75) is 97.7 Å². The molecule has 0 aromatic carbocycles. The van der Waals surface area contributed by atoms with Crippen LogP contribution in [0.15, 0.2) is 36.0 Å². The number of ether oxygens (including phenoxy) is 3. The van der Waals surface area contributed by atoms with Gasteiger partial charge in [0.1, 0.15) is 17.8 Å². The van der Waals surface area contributed by atoms with Crippen LogP contribution >= 0.6 is 0 Å². The fraction of sp³-hybridized carbons (Fsp3) is 0.679. The fourth-order valence-electron chi connectivity index (χ4n) is 3.69. The third kappa shape index (κ3) is 11.5. The number of aliphatic hydroxyl groups is 2. The third-order valence-electron chi connectivity index (χ3n) is 6.40. The third-order valence-corrected chi connectivity index (χ3v) is 6.40. The Labute approximate surface area is 221 Å². The lowest BCUT2D eigenvalue weighted by atomic mass is 9.88. The number of hydrogen-bond donors (Lipinski definition) is 2. The molecule has 0 aromatic rings. The topological polar surface area (TPSA) is 123 Å².